The van der Waals surface area contributed by atoms with Gasteiger partial charge in [-0.1, -0.05) is 19.3 Å². The lowest BCUT2D eigenvalue weighted by molar-refractivity contribution is 0.562. The Morgan fingerprint density at radius 2 is 1.00 bits per heavy atom. The molecule has 84 valence electrons. The van der Waals surface area contributed by atoms with Crippen LogP contribution in [0.3, 0.4) is 0 Å². The van der Waals surface area contributed by atoms with Gasteiger partial charge in [-0.15, -0.1) is 4.13 Å². The van der Waals surface area contributed by atoms with Crippen LogP contribution in [0.5, 0.6) is 0 Å². The first-order valence-electron chi connectivity index (χ1n) is 4.65. The average Bonchev–Trinajstić information content (AvgIpc) is 1.99. The van der Waals surface area contributed by atoms with Gasteiger partial charge in [-0.25, -0.2) is 16.8 Å². The standard InChI is InChI=1S/C7H15NO4S2/c9-13(10)6-4-2-1-3-5-7-14(11,12)8-13/h8H,1-7H2. The summed E-state index contributed by atoms with van der Waals surface area (Å²) in [5, 5.41) is 0. The van der Waals surface area contributed by atoms with Gasteiger partial charge in [0.25, 0.3) is 0 Å². The normalized spacial score (nSPS) is 28.0. The van der Waals surface area contributed by atoms with Crippen LogP contribution in [-0.4, -0.2) is 28.3 Å². The summed E-state index contributed by atoms with van der Waals surface area (Å²) < 4.78 is 46.6. The van der Waals surface area contributed by atoms with Gasteiger partial charge < -0.3 is 0 Å². The maximum atomic E-state index is 11.2. The highest BCUT2D eigenvalue weighted by atomic mass is 32.3. The molecule has 0 spiro atoms. The summed E-state index contributed by atoms with van der Waals surface area (Å²) >= 11 is 0. The fourth-order valence-corrected chi connectivity index (χ4v) is 4.77. The van der Waals surface area contributed by atoms with Crippen molar-refractivity contribution in [3.05, 3.63) is 0 Å². The van der Waals surface area contributed by atoms with Gasteiger partial charge in [0.15, 0.2) is 0 Å². The van der Waals surface area contributed by atoms with Crippen molar-refractivity contribution < 1.29 is 16.8 Å². The van der Waals surface area contributed by atoms with E-state index in [1.54, 1.807) is 4.13 Å². The Labute approximate surface area is 85.0 Å². The molecule has 0 amide bonds. The van der Waals surface area contributed by atoms with Crippen LogP contribution in [-0.2, 0) is 20.0 Å². The second-order valence-electron chi connectivity index (χ2n) is 3.49. The summed E-state index contributed by atoms with van der Waals surface area (Å²) in [6.45, 7) is 0. The molecule has 0 aromatic heterocycles. The predicted molar refractivity (Wildman–Crippen MR) is 53.8 cm³/mol. The zero-order valence-electron chi connectivity index (χ0n) is 7.90. The first kappa shape index (κ1) is 11.9. The molecule has 0 aliphatic carbocycles. The van der Waals surface area contributed by atoms with Gasteiger partial charge in [-0.05, 0) is 12.8 Å². The first-order chi connectivity index (χ1) is 6.41. The first-order valence-corrected chi connectivity index (χ1v) is 7.96. The largest absolute Gasteiger partial charge is 0.224 e. The number of nitrogens with one attached hydrogen (secondary N) is 1. The van der Waals surface area contributed by atoms with E-state index in [2.05, 4.69) is 0 Å². The molecule has 1 aliphatic rings. The molecular formula is C7H15NO4S2. The van der Waals surface area contributed by atoms with Crippen molar-refractivity contribution >= 4 is 20.0 Å². The summed E-state index contributed by atoms with van der Waals surface area (Å²) in [4.78, 5) is 0. The van der Waals surface area contributed by atoms with Crippen LogP contribution in [0.2, 0.25) is 0 Å². The fraction of sp³-hybridized carbons (Fsp3) is 1.00. The lowest BCUT2D eigenvalue weighted by Crippen LogP contribution is -2.34. The van der Waals surface area contributed by atoms with Crippen LogP contribution in [0.4, 0.5) is 0 Å². The van der Waals surface area contributed by atoms with Gasteiger partial charge in [-0.3, -0.25) is 0 Å². The minimum absolute atomic E-state index is 0.0910. The van der Waals surface area contributed by atoms with Crippen LogP contribution in [0.25, 0.3) is 0 Å². The van der Waals surface area contributed by atoms with Crippen LogP contribution in [0.15, 0.2) is 0 Å². The Kier molecular flexibility index (Phi) is 3.91. The van der Waals surface area contributed by atoms with Gasteiger partial charge in [0, 0.05) is 0 Å². The molecule has 0 saturated carbocycles. The Morgan fingerprint density at radius 1 is 0.643 bits per heavy atom. The number of hydrogen-bond acceptors (Lipinski definition) is 4. The molecule has 0 bridgehead atoms. The third-order valence-electron chi connectivity index (χ3n) is 2.08. The van der Waals surface area contributed by atoms with Crippen LogP contribution in [0.1, 0.15) is 32.1 Å². The van der Waals surface area contributed by atoms with Crippen molar-refractivity contribution in [2.45, 2.75) is 32.1 Å². The molecular weight excluding hydrogens is 226 g/mol. The molecule has 0 radical (unpaired) electrons. The monoisotopic (exact) mass is 241 g/mol. The lowest BCUT2D eigenvalue weighted by Gasteiger charge is -2.10. The minimum Gasteiger partial charge on any atom is -0.211 e. The van der Waals surface area contributed by atoms with E-state index in [9.17, 15) is 16.8 Å². The predicted octanol–water partition coefficient (Wildman–Crippen LogP) is 0.200. The number of hydrogen-bond donors (Lipinski definition) is 1. The molecule has 0 atom stereocenters. The zero-order valence-corrected chi connectivity index (χ0v) is 9.53. The molecule has 0 unspecified atom stereocenters. The van der Waals surface area contributed by atoms with Gasteiger partial charge in [0.05, 0.1) is 11.5 Å². The van der Waals surface area contributed by atoms with E-state index in [1.165, 1.54) is 0 Å². The SMILES string of the molecule is O=S1(=O)CCCCCCCS(=O)(=O)N1. The van der Waals surface area contributed by atoms with Crippen molar-refractivity contribution in [3.8, 4) is 0 Å². The highest BCUT2D eigenvalue weighted by Gasteiger charge is 2.20. The molecule has 1 rings (SSSR count). The molecule has 1 heterocycles. The number of sulfonamides is 2. The Morgan fingerprint density at radius 3 is 1.43 bits per heavy atom. The maximum Gasteiger partial charge on any atom is 0.224 e. The molecule has 7 heteroatoms. The zero-order chi connectivity index (χ0) is 10.7. The summed E-state index contributed by atoms with van der Waals surface area (Å²) in [5.41, 5.74) is 0. The molecule has 14 heavy (non-hydrogen) atoms. The molecule has 1 saturated heterocycles. The second-order valence-corrected chi connectivity index (χ2v) is 7.43. The van der Waals surface area contributed by atoms with E-state index >= 15 is 0 Å². The average molecular weight is 241 g/mol. The number of rotatable bonds is 0. The van der Waals surface area contributed by atoms with Crippen LogP contribution in [0, 0.1) is 0 Å². The van der Waals surface area contributed by atoms with Gasteiger partial charge >= 0.3 is 0 Å². The minimum atomic E-state index is -3.63. The van der Waals surface area contributed by atoms with Crippen molar-refractivity contribution in [3.63, 3.8) is 0 Å². The summed E-state index contributed by atoms with van der Waals surface area (Å²) in [7, 11) is -7.26. The third-order valence-corrected chi connectivity index (χ3v) is 5.76. The smallest absolute Gasteiger partial charge is 0.211 e. The quantitative estimate of drug-likeness (QED) is 0.657. The van der Waals surface area contributed by atoms with Crippen molar-refractivity contribution in [2.75, 3.05) is 11.5 Å². The fourth-order valence-electron chi connectivity index (χ4n) is 1.39. The Hall–Kier alpha value is -0.140. The molecule has 0 aromatic carbocycles. The highest BCUT2D eigenvalue weighted by molar-refractivity contribution is 8.04. The van der Waals surface area contributed by atoms with E-state index in [0.29, 0.717) is 12.8 Å². The summed E-state index contributed by atoms with van der Waals surface area (Å²) in [5.74, 6) is -0.182. The van der Waals surface area contributed by atoms with Crippen LogP contribution >= 0.6 is 0 Å². The Balaban J connectivity index is 2.75. The molecule has 5 nitrogen and oxygen atoms in total. The highest BCUT2D eigenvalue weighted by Crippen LogP contribution is 2.08. The van der Waals surface area contributed by atoms with Crippen molar-refractivity contribution in [1.82, 2.24) is 4.13 Å². The second kappa shape index (κ2) is 4.59. The van der Waals surface area contributed by atoms with Crippen LogP contribution < -0.4 is 4.13 Å². The maximum absolute atomic E-state index is 11.2. The van der Waals surface area contributed by atoms with Crippen molar-refractivity contribution in [1.29, 1.82) is 0 Å². The topological polar surface area (TPSA) is 80.3 Å². The van der Waals surface area contributed by atoms with Gasteiger partial charge in [0.2, 0.25) is 20.0 Å². The molecule has 1 fully saturated rings. The lowest BCUT2D eigenvalue weighted by atomic mass is 10.2. The summed E-state index contributed by atoms with van der Waals surface area (Å²) in [6.07, 6.45) is 3.67. The van der Waals surface area contributed by atoms with E-state index in [4.69, 9.17) is 0 Å². The molecule has 0 aromatic rings. The van der Waals surface area contributed by atoms with Gasteiger partial charge in [0.1, 0.15) is 0 Å². The third kappa shape index (κ3) is 4.39. The molecule has 1 aliphatic heterocycles. The molecule has 1 N–H and O–H groups in total. The van der Waals surface area contributed by atoms with Gasteiger partial charge in [-0.2, -0.15) is 0 Å². The Bertz CT molecular complexity index is 334. The van der Waals surface area contributed by atoms with E-state index in [-0.39, 0.29) is 11.5 Å². The van der Waals surface area contributed by atoms with E-state index in [0.717, 1.165) is 19.3 Å². The summed E-state index contributed by atoms with van der Waals surface area (Å²) in [6, 6.07) is 0. The van der Waals surface area contributed by atoms with E-state index in [1.807, 2.05) is 0 Å². The van der Waals surface area contributed by atoms with E-state index < -0.39 is 20.0 Å². The van der Waals surface area contributed by atoms with Crippen molar-refractivity contribution in [2.24, 2.45) is 0 Å².